The van der Waals surface area contributed by atoms with E-state index in [2.05, 4.69) is 25.0 Å². The average Bonchev–Trinajstić information content (AvgIpc) is 3.49. The summed E-state index contributed by atoms with van der Waals surface area (Å²) in [6.45, 7) is 0.988. The Morgan fingerprint density at radius 3 is 2.52 bits per heavy atom. The van der Waals surface area contributed by atoms with E-state index in [1.165, 1.54) is 10.7 Å². The van der Waals surface area contributed by atoms with Crippen molar-refractivity contribution in [3.63, 3.8) is 0 Å². The number of aryl methyl sites for hydroxylation is 1. The fourth-order valence-electron chi connectivity index (χ4n) is 4.02. The zero-order valence-corrected chi connectivity index (χ0v) is 16.9. The van der Waals surface area contributed by atoms with E-state index in [9.17, 15) is 8.78 Å². The maximum atomic E-state index is 14.6. The fraction of sp³-hybridized carbons (Fsp3) is 0.318. The summed E-state index contributed by atoms with van der Waals surface area (Å²) >= 11 is 0. The molecule has 5 rings (SSSR count). The minimum atomic E-state index is -0.860. The van der Waals surface area contributed by atoms with Crippen molar-refractivity contribution >= 4 is 10.9 Å². The quantitative estimate of drug-likeness (QED) is 0.421. The van der Waals surface area contributed by atoms with Crippen molar-refractivity contribution in [2.24, 2.45) is 0 Å². The molecule has 0 radical (unpaired) electrons. The summed E-state index contributed by atoms with van der Waals surface area (Å²) in [6.07, 6.45) is 9.91. The van der Waals surface area contributed by atoms with Crippen LogP contribution in [0.5, 0.6) is 0 Å². The van der Waals surface area contributed by atoms with Gasteiger partial charge in [-0.25, -0.2) is 28.7 Å². The van der Waals surface area contributed by atoms with Gasteiger partial charge in [-0.05, 0) is 47.9 Å². The van der Waals surface area contributed by atoms with Crippen molar-refractivity contribution in [3.05, 3.63) is 65.9 Å². The van der Waals surface area contributed by atoms with Crippen molar-refractivity contribution < 1.29 is 13.5 Å². The fourth-order valence-corrected chi connectivity index (χ4v) is 4.02. The number of rotatable bonds is 7. The Morgan fingerprint density at radius 2 is 1.77 bits per heavy atom. The molecule has 1 saturated carbocycles. The Hall–Kier alpha value is -3.33. The molecule has 0 N–H and O–H groups in total. The number of nitrogens with zero attached hydrogens (tertiary/aromatic N) is 6. The van der Waals surface area contributed by atoms with Gasteiger partial charge in [0.2, 0.25) is 0 Å². The van der Waals surface area contributed by atoms with Gasteiger partial charge >= 0.3 is 0 Å². The van der Waals surface area contributed by atoms with Crippen LogP contribution in [0.3, 0.4) is 0 Å². The summed E-state index contributed by atoms with van der Waals surface area (Å²) in [6, 6.07) is 3.03. The minimum Gasteiger partial charge on any atom is -0.385 e. The Labute approximate surface area is 177 Å². The molecule has 2 unspecified atom stereocenters. The predicted molar refractivity (Wildman–Crippen MR) is 109 cm³/mol. The number of halogens is 2. The van der Waals surface area contributed by atoms with Gasteiger partial charge in [-0.1, -0.05) is 0 Å². The second-order valence-corrected chi connectivity index (χ2v) is 7.60. The van der Waals surface area contributed by atoms with Crippen LogP contribution in [0.2, 0.25) is 0 Å². The molecule has 9 heteroatoms. The number of benzene rings is 1. The van der Waals surface area contributed by atoms with Crippen LogP contribution in [0.25, 0.3) is 22.6 Å². The number of ether oxygens (including phenoxy) is 1. The zero-order chi connectivity index (χ0) is 21.4. The molecule has 1 fully saturated rings. The number of hydrogen-bond acceptors (Lipinski definition) is 6. The zero-order valence-electron chi connectivity index (χ0n) is 16.9. The molecule has 1 aliphatic rings. The molecule has 4 aromatic rings. The molecule has 31 heavy (non-hydrogen) atoms. The SMILES string of the molecule is COCCCn1ncc2c(C3CC3c3cnc(-c4ncccn4)nc3)cc(F)c(F)c21. The summed E-state index contributed by atoms with van der Waals surface area (Å²) in [5, 5.41) is 4.95. The van der Waals surface area contributed by atoms with E-state index in [0.29, 0.717) is 36.6 Å². The molecule has 158 valence electrons. The Morgan fingerprint density at radius 1 is 1.03 bits per heavy atom. The normalized spacial score (nSPS) is 17.9. The van der Waals surface area contributed by atoms with E-state index in [1.54, 1.807) is 44.2 Å². The van der Waals surface area contributed by atoms with Crippen LogP contribution in [-0.2, 0) is 11.3 Å². The smallest absolute Gasteiger partial charge is 0.197 e. The molecular formula is C22H20F2N6O. The van der Waals surface area contributed by atoms with Crippen LogP contribution in [0.15, 0.2) is 43.1 Å². The number of aromatic nitrogens is 6. The molecule has 0 bridgehead atoms. The maximum Gasteiger partial charge on any atom is 0.197 e. The standard InChI is InChI=1S/C22H20F2N6O/c1-31-7-3-6-30-20-17(12-29-30)16(9-18(23)19(20)24)15-8-14(15)13-10-27-22(28-11-13)21-25-4-2-5-26-21/h2,4-5,9-12,14-15H,3,6-8H2,1H3. The monoisotopic (exact) mass is 422 g/mol. The third-order valence-electron chi connectivity index (χ3n) is 5.62. The molecule has 0 saturated heterocycles. The van der Waals surface area contributed by atoms with Crippen LogP contribution in [0.4, 0.5) is 8.78 Å². The second kappa shape index (κ2) is 8.07. The Bertz CT molecular complexity index is 1210. The topological polar surface area (TPSA) is 78.6 Å². The lowest BCUT2D eigenvalue weighted by atomic mass is 10.0. The van der Waals surface area contributed by atoms with Gasteiger partial charge in [0.15, 0.2) is 23.3 Å². The molecule has 3 aromatic heterocycles. The van der Waals surface area contributed by atoms with Crippen LogP contribution in [-0.4, -0.2) is 43.4 Å². The van der Waals surface area contributed by atoms with Crippen molar-refractivity contribution in [3.8, 4) is 11.6 Å². The lowest BCUT2D eigenvalue weighted by molar-refractivity contribution is 0.189. The molecule has 2 atom stereocenters. The third-order valence-corrected chi connectivity index (χ3v) is 5.62. The van der Waals surface area contributed by atoms with Crippen molar-refractivity contribution in [1.29, 1.82) is 0 Å². The van der Waals surface area contributed by atoms with E-state index < -0.39 is 11.6 Å². The highest BCUT2D eigenvalue weighted by Gasteiger charge is 2.42. The highest BCUT2D eigenvalue weighted by atomic mass is 19.2. The molecule has 3 heterocycles. The third kappa shape index (κ3) is 3.65. The molecule has 7 nitrogen and oxygen atoms in total. The summed E-state index contributed by atoms with van der Waals surface area (Å²) in [7, 11) is 1.61. The largest absolute Gasteiger partial charge is 0.385 e. The van der Waals surface area contributed by atoms with E-state index >= 15 is 0 Å². The lowest BCUT2D eigenvalue weighted by Crippen LogP contribution is -2.05. The minimum absolute atomic E-state index is 0.0663. The number of fused-ring (bicyclic) bond motifs is 1. The lowest BCUT2D eigenvalue weighted by Gasteiger charge is -2.08. The molecule has 1 aliphatic carbocycles. The molecule has 0 aliphatic heterocycles. The first-order valence-corrected chi connectivity index (χ1v) is 10.1. The molecule has 1 aromatic carbocycles. The van der Waals surface area contributed by atoms with Gasteiger partial charge in [-0.15, -0.1) is 0 Å². The maximum absolute atomic E-state index is 14.6. The van der Waals surface area contributed by atoms with Gasteiger partial charge in [0.1, 0.15) is 5.52 Å². The summed E-state index contributed by atoms with van der Waals surface area (Å²) in [4.78, 5) is 17.1. The Kier molecular flexibility index (Phi) is 5.11. The summed E-state index contributed by atoms with van der Waals surface area (Å²) in [5.41, 5.74) is 1.94. The van der Waals surface area contributed by atoms with Crippen LogP contribution < -0.4 is 0 Å². The first kappa shape index (κ1) is 19.6. The van der Waals surface area contributed by atoms with Crippen molar-refractivity contribution in [2.75, 3.05) is 13.7 Å². The molecule has 0 amide bonds. The van der Waals surface area contributed by atoms with Gasteiger partial charge in [0.05, 0.1) is 6.20 Å². The van der Waals surface area contributed by atoms with Crippen LogP contribution in [0.1, 0.15) is 35.8 Å². The molecular weight excluding hydrogens is 402 g/mol. The average molecular weight is 422 g/mol. The summed E-state index contributed by atoms with van der Waals surface area (Å²) < 4.78 is 35.6. The van der Waals surface area contributed by atoms with Gasteiger partial charge in [-0.2, -0.15) is 5.10 Å². The summed E-state index contributed by atoms with van der Waals surface area (Å²) in [5.74, 6) is -0.582. The first-order valence-electron chi connectivity index (χ1n) is 10.1. The van der Waals surface area contributed by atoms with Crippen molar-refractivity contribution in [1.82, 2.24) is 29.7 Å². The highest BCUT2D eigenvalue weighted by molar-refractivity contribution is 5.84. The second-order valence-electron chi connectivity index (χ2n) is 7.60. The predicted octanol–water partition coefficient (Wildman–Crippen LogP) is 3.87. The molecule has 0 spiro atoms. The van der Waals surface area contributed by atoms with Crippen LogP contribution in [0, 0.1) is 11.6 Å². The number of methoxy groups -OCH3 is 1. The van der Waals surface area contributed by atoms with E-state index in [-0.39, 0.29) is 17.4 Å². The van der Waals surface area contributed by atoms with Gasteiger partial charge in [0, 0.05) is 50.4 Å². The van der Waals surface area contributed by atoms with E-state index in [0.717, 1.165) is 17.5 Å². The van der Waals surface area contributed by atoms with Gasteiger partial charge < -0.3 is 4.74 Å². The Balaban J connectivity index is 1.41. The van der Waals surface area contributed by atoms with Crippen molar-refractivity contribution in [2.45, 2.75) is 31.2 Å². The van der Waals surface area contributed by atoms with Gasteiger partial charge in [0.25, 0.3) is 0 Å². The van der Waals surface area contributed by atoms with Crippen LogP contribution >= 0.6 is 0 Å². The van der Waals surface area contributed by atoms with Gasteiger partial charge in [-0.3, -0.25) is 4.68 Å². The highest BCUT2D eigenvalue weighted by Crippen LogP contribution is 2.56. The first-order chi connectivity index (χ1) is 15.2. The number of hydrogen-bond donors (Lipinski definition) is 0. The van der Waals surface area contributed by atoms with E-state index in [4.69, 9.17) is 4.74 Å². The van der Waals surface area contributed by atoms with E-state index in [1.807, 2.05) is 0 Å².